The molecule has 102 valence electrons. The number of benzene rings is 1. The molecule has 0 saturated heterocycles. The molecule has 0 aliphatic carbocycles. The highest BCUT2D eigenvalue weighted by molar-refractivity contribution is 5.47. The van der Waals surface area contributed by atoms with Crippen LogP contribution in [-0.2, 0) is 13.1 Å². The van der Waals surface area contributed by atoms with Crippen molar-refractivity contribution in [3.63, 3.8) is 0 Å². The summed E-state index contributed by atoms with van der Waals surface area (Å²) >= 11 is 0. The summed E-state index contributed by atoms with van der Waals surface area (Å²) in [4.78, 5) is 9.61. The van der Waals surface area contributed by atoms with Crippen LogP contribution >= 0.6 is 0 Å². The van der Waals surface area contributed by atoms with Gasteiger partial charge in [0.05, 0.1) is 6.54 Å². The zero-order valence-electron chi connectivity index (χ0n) is 11.7. The molecule has 0 atom stereocenters. The van der Waals surface area contributed by atoms with Gasteiger partial charge < -0.3 is 15.2 Å². The van der Waals surface area contributed by atoms with Gasteiger partial charge in [-0.15, -0.1) is 0 Å². The number of nitrogens with one attached hydrogen (secondary N) is 2. The summed E-state index contributed by atoms with van der Waals surface area (Å²) in [5, 5.41) is 3.37. The number of rotatable bonds is 7. The van der Waals surface area contributed by atoms with E-state index in [1.165, 1.54) is 11.3 Å². The first kappa shape index (κ1) is 13.6. The Balaban J connectivity index is 1.84. The van der Waals surface area contributed by atoms with E-state index in [1.807, 2.05) is 6.20 Å². The maximum absolute atomic E-state index is 4.18. The SMILES string of the molecule is CCN(CC)c1ccc(CNCc2ncc[nH]2)cc1. The van der Waals surface area contributed by atoms with Crippen LogP contribution in [0.15, 0.2) is 36.7 Å². The predicted octanol–water partition coefficient (Wildman–Crippen LogP) is 2.55. The molecule has 2 aromatic rings. The van der Waals surface area contributed by atoms with Crippen LogP contribution in [0.2, 0.25) is 0 Å². The normalized spacial score (nSPS) is 10.6. The van der Waals surface area contributed by atoms with E-state index in [2.05, 4.69) is 58.3 Å². The summed E-state index contributed by atoms with van der Waals surface area (Å²) in [6.07, 6.45) is 3.62. The van der Waals surface area contributed by atoms with Gasteiger partial charge in [-0.25, -0.2) is 4.98 Å². The maximum Gasteiger partial charge on any atom is 0.120 e. The Labute approximate surface area is 114 Å². The molecule has 19 heavy (non-hydrogen) atoms. The molecule has 2 N–H and O–H groups in total. The van der Waals surface area contributed by atoms with Crippen LogP contribution in [0.4, 0.5) is 5.69 Å². The highest BCUT2D eigenvalue weighted by Crippen LogP contribution is 2.14. The zero-order chi connectivity index (χ0) is 13.5. The highest BCUT2D eigenvalue weighted by atomic mass is 15.1. The van der Waals surface area contributed by atoms with Gasteiger partial charge in [0.1, 0.15) is 5.82 Å². The Hall–Kier alpha value is -1.81. The van der Waals surface area contributed by atoms with E-state index < -0.39 is 0 Å². The molecule has 1 heterocycles. The van der Waals surface area contributed by atoms with Crippen molar-refractivity contribution in [1.29, 1.82) is 0 Å². The molecule has 0 spiro atoms. The lowest BCUT2D eigenvalue weighted by atomic mass is 10.2. The zero-order valence-corrected chi connectivity index (χ0v) is 11.7. The molecule has 4 nitrogen and oxygen atoms in total. The van der Waals surface area contributed by atoms with Crippen molar-refractivity contribution in [3.05, 3.63) is 48.0 Å². The van der Waals surface area contributed by atoms with Gasteiger partial charge in [0.25, 0.3) is 0 Å². The van der Waals surface area contributed by atoms with E-state index in [9.17, 15) is 0 Å². The van der Waals surface area contributed by atoms with Gasteiger partial charge in [0, 0.05) is 37.7 Å². The largest absolute Gasteiger partial charge is 0.372 e. The fourth-order valence-corrected chi connectivity index (χ4v) is 2.13. The molecule has 0 aliphatic rings. The third-order valence-corrected chi connectivity index (χ3v) is 3.24. The Morgan fingerprint density at radius 1 is 1.11 bits per heavy atom. The number of nitrogens with zero attached hydrogens (tertiary/aromatic N) is 2. The smallest absolute Gasteiger partial charge is 0.120 e. The van der Waals surface area contributed by atoms with Crippen molar-refractivity contribution in [2.45, 2.75) is 26.9 Å². The number of imidazole rings is 1. The van der Waals surface area contributed by atoms with Gasteiger partial charge in [-0.3, -0.25) is 0 Å². The lowest BCUT2D eigenvalue weighted by Crippen LogP contribution is -2.21. The first-order valence-corrected chi connectivity index (χ1v) is 6.86. The molecule has 0 bridgehead atoms. The average Bonchev–Trinajstić information content (AvgIpc) is 2.95. The van der Waals surface area contributed by atoms with Gasteiger partial charge >= 0.3 is 0 Å². The maximum atomic E-state index is 4.18. The first-order chi connectivity index (χ1) is 9.33. The number of hydrogen-bond acceptors (Lipinski definition) is 3. The lowest BCUT2D eigenvalue weighted by Gasteiger charge is -2.21. The second-order valence-corrected chi connectivity index (χ2v) is 4.48. The molecule has 1 aromatic carbocycles. The lowest BCUT2D eigenvalue weighted by molar-refractivity contribution is 0.668. The molecule has 0 radical (unpaired) electrons. The van der Waals surface area contributed by atoms with Gasteiger partial charge in [0.15, 0.2) is 0 Å². The van der Waals surface area contributed by atoms with E-state index in [-0.39, 0.29) is 0 Å². The monoisotopic (exact) mass is 258 g/mol. The predicted molar refractivity (Wildman–Crippen MR) is 79.1 cm³/mol. The van der Waals surface area contributed by atoms with Crippen molar-refractivity contribution in [2.24, 2.45) is 0 Å². The molecule has 4 heteroatoms. The molecule has 1 aromatic heterocycles. The van der Waals surface area contributed by atoms with Gasteiger partial charge in [-0.1, -0.05) is 12.1 Å². The second-order valence-electron chi connectivity index (χ2n) is 4.48. The third kappa shape index (κ3) is 3.83. The molecule has 0 saturated carbocycles. The summed E-state index contributed by atoms with van der Waals surface area (Å²) in [7, 11) is 0. The third-order valence-electron chi connectivity index (χ3n) is 3.24. The van der Waals surface area contributed by atoms with Crippen LogP contribution in [0.3, 0.4) is 0 Å². The van der Waals surface area contributed by atoms with Crippen molar-refractivity contribution < 1.29 is 0 Å². The number of H-pyrrole nitrogens is 1. The van der Waals surface area contributed by atoms with E-state index in [0.717, 1.165) is 32.0 Å². The minimum Gasteiger partial charge on any atom is -0.372 e. The van der Waals surface area contributed by atoms with E-state index in [0.29, 0.717) is 0 Å². The Morgan fingerprint density at radius 2 is 1.84 bits per heavy atom. The van der Waals surface area contributed by atoms with Gasteiger partial charge in [-0.2, -0.15) is 0 Å². The van der Waals surface area contributed by atoms with Crippen LogP contribution in [0.5, 0.6) is 0 Å². The molecule has 0 unspecified atom stereocenters. The van der Waals surface area contributed by atoms with Crippen molar-refractivity contribution in [2.75, 3.05) is 18.0 Å². The van der Waals surface area contributed by atoms with Crippen molar-refractivity contribution >= 4 is 5.69 Å². The minimum absolute atomic E-state index is 0.769. The second kappa shape index (κ2) is 6.95. The fourth-order valence-electron chi connectivity index (χ4n) is 2.13. The Bertz CT molecular complexity index is 457. The van der Waals surface area contributed by atoms with Gasteiger partial charge in [0.2, 0.25) is 0 Å². The molecule has 0 amide bonds. The minimum atomic E-state index is 0.769. The van der Waals surface area contributed by atoms with E-state index >= 15 is 0 Å². The summed E-state index contributed by atoms with van der Waals surface area (Å²) in [6, 6.07) is 8.75. The Morgan fingerprint density at radius 3 is 2.42 bits per heavy atom. The van der Waals surface area contributed by atoms with Gasteiger partial charge in [-0.05, 0) is 31.5 Å². The van der Waals surface area contributed by atoms with Crippen LogP contribution in [-0.4, -0.2) is 23.1 Å². The van der Waals surface area contributed by atoms with Crippen LogP contribution < -0.4 is 10.2 Å². The van der Waals surface area contributed by atoms with Crippen molar-refractivity contribution in [1.82, 2.24) is 15.3 Å². The number of aromatic nitrogens is 2. The molecule has 0 fully saturated rings. The molecule has 2 rings (SSSR count). The standard InChI is InChI=1S/C15H22N4/c1-3-19(4-2)14-7-5-13(6-8-14)11-16-12-15-17-9-10-18-15/h5-10,16H,3-4,11-12H2,1-2H3,(H,17,18). The molecular formula is C15H22N4. The van der Waals surface area contributed by atoms with Crippen LogP contribution in [0, 0.1) is 0 Å². The van der Waals surface area contributed by atoms with Crippen LogP contribution in [0.1, 0.15) is 25.2 Å². The highest BCUT2D eigenvalue weighted by Gasteiger charge is 2.01. The summed E-state index contributed by atoms with van der Waals surface area (Å²) < 4.78 is 0. The molecular weight excluding hydrogens is 236 g/mol. The number of anilines is 1. The topological polar surface area (TPSA) is 44.0 Å². The van der Waals surface area contributed by atoms with E-state index in [4.69, 9.17) is 0 Å². The number of aromatic amines is 1. The van der Waals surface area contributed by atoms with Crippen LogP contribution in [0.25, 0.3) is 0 Å². The molecule has 0 aliphatic heterocycles. The summed E-state index contributed by atoms with van der Waals surface area (Å²) in [5.41, 5.74) is 2.59. The summed E-state index contributed by atoms with van der Waals surface area (Å²) in [6.45, 7) is 8.09. The average molecular weight is 258 g/mol. The van der Waals surface area contributed by atoms with Crippen molar-refractivity contribution in [3.8, 4) is 0 Å². The quantitative estimate of drug-likeness (QED) is 0.802. The summed E-state index contributed by atoms with van der Waals surface area (Å²) in [5.74, 6) is 0.972. The number of hydrogen-bond donors (Lipinski definition) is 2. The van der Waals surface area contributed by atoms with E-state index in [1.54, 1.807) is 6.20 Å². The fraction of sp³-hybridized carbons (Fsp3) is 0.400. The first-order valence-electron chi connectivity index (χ1n) is 6.86. The Kier molecular flexibility index (Phi) is 4.98.